The number of nitrogens with one attached hydrogen (secondary N) is 1. The van der Waals surface area contributed by atoms with E-state index in [-0.39, 0.29) is 18.2 Å². The normalized spacial score (nSPS) is 27.6. The molecule has 0 aromatic heterocycles. The minimum Gasteiger partial charge on any atom is -0.480 e. The molecular weight excluding hydrogens is 260 g/mol. The van der Waals surface area contributed by atoms with Crippen molar-refractivity contribution in [2.24, 2.45) is 0 Å². The van der Waals surface area contributed by atoms with Gasteiger partial charge >= 0.3 is 12.0 Å². The molecule has 1 aliphatic carbocycles. The lowest BCUT2D eigenvalue weighted by Gasteiger charge is -2.43. The van der Waals surface area contributed by atoms with Crippen molar-refractivity contribution in [3.63, 3.8) is 0 Å². The Morgan fingerprint density at radius 3 is 2.85 bits per heavy atom. The Labute approximate surface area is 119 Å². The Balaban J connectivity index is 1.97. The SMILES string of the molecule is CCC[C@H](NC(=O)N1CCOC2CCCCC21)C(=O)O. The standard InChI is InChI=1S/C14H24N2O4/c1-2-5-10(13(17)18)15-14(19)16-8-9-20-12-7-4-3-6-11(12)16/h10-12H,2-9H2,1H3,(H,15,19)(H,17,18)/t10-,11?,12?/m0/s1. The predicted molar refractivity (Wildman–Crippen MR) is 73.6 cm³/mol. The highest BCUT2D eigenvalue weighted by molar-refractivity contribution is 5.82. The number of amides is 2. The number of ether oxygens (including phenoxy) is 1. The predicted octanol–water partition coefficient (Wildman–Crippen LogP) is 1.59. The summed E-state index contributed by atoms with van der Waals surface area (Å²) in [5.41, 5.74) is 0. The molecule has 2 fully saturated rings. The summed E-state index contributed by atoms with van der Waals surface area (Å²) >= 11 is 0. The molecule has 1 aliphatic heterocycles. The number of morpholine rings is 1. The van der Waals surface area contributed by atoms with E-state index in [0.717, 1.165) is 32.1 Å². The molecule has 1 saturated carbocycles. The van der Waals surface area contributed by atoms with Crippen molar-refractivity contribution in [1.82, 2.24) is 10.2 Å². The zero-order valence-corrected chi connectivity index (χ0v) is 12.0. The number of fused-ring (bicyclic) bond motifs is 1. The molecule has 2 amide bonds. The van der Waals surface area contributed by atoms with Crippen molar-refractivity contribution in [3.8, 4) is 0 Å². The summed E-state index contributed by atoms with van der Waals surface area (Å²) in [6.07, 6.45) is 5.50. The third-order valence-corrected chi connectivity index (χ3v) is 4.17. The highest BCUT2D eigenvalue weighted by Gasteiger charge is 2.37. The van der Waals surface area contributed by atoms with Gasteiger partial charge in [-0.25, -0.2) is 9.59 Å². The van der Waals surface area contributed by atoms with Gasteiger partial charge in [0.25, 0.3) is 0 Å². The zero-order chi connectivity index (χ0) is 14.5. The molecule has 114 valence electrons. The molecule has 1 heterocycles. The summed E-state index contributed by atoms with van der Waals surface area (Å²) in [6, 6.07) is -0.947. The highest BCUT2D eigenvalue weighted by atomic mass is 16.5. The van der Waals surface area contributed by atoms with Crippen LogP contribution in [0.2, 0.25) is 0 Å². The first-order chi connectivity index (χ1) is 9.63. The Morgan fingerprint density at radius 2 is 2.15 bits per heavy atom. The minimum atomic E-state index is -0.964. The number of carboxylic acids is 1. The average Bonchev–Trinajstić information content (AvgIpc) is 2.46. The second-order valence-corrected chi connectivity index (χ2v) is 5.58. The van der Waals surface area contributed by atoms with Crippen LogP contribution in [-0.2, 0) is 9.53 Å². The molecule has 0 radical (unpaired) electrons. The number of urea groups is 1. The lowest BCUT2D eigenvalue weighted by molar-refractivity contribution is -0.139. The van der Waals surface area contributed by atoms with Crippen LogP contribution in [0.3, 0.4) is 0 Å². The number of hydrogen-bond acceptors (Lipinski definition) is 3. The van der Waals surface area contributed by atoms with Crippen LogP contribution in [-0.4, -0.2) is 53.3 Å². The van der Waals surface area contributed by atoms with Gasteiger partial charge in [-0.3, -0.25) is 0 Å². The van der Waals surface area contributed by atoms with E-state index in [0.29, 0.717) is 19.6 Å². The number of aliphatic carboxylic acids is 1. The van der Waals surface area contributed by atoms with E-state index in [1.807, 2.05) is 6.92 Å². The molecule has 6 heteroatoms. The van der Waals surface area contributed by atoms with E-state index in [1.165, 1.54) is 0 Å². The summed E-state index contributed by atoms with van der Waals surface area (Å²) in [7, 11) is 0. The Hall–Kier alpha value is -1.30. The number of carboxylic acid groups (broad SMARTS) is 1. The third-order valence-electron chi connectivity index (χ3n) is 4.17. The lowest BCUT2D eigenvalue weighted by Crippen LogP contribution is -2.59. The molecule has 20 heavy (non-hydrogen) atoms. The molecule has 2 unspecified atom stereocenters. The number of carbonyl (C=O) groups is 2. The van der Waals surface area contributed by atoms with Gasteiger partial charge in [0.05, 0.1) is 18.8 Å². The summed E-state index contributed by atoms with van der Waals surface area (Å²) in [4.78, 5) is 25.2. The fraction of sp³-hybridized carbons (Fsp3) is 0.857. The monoisotopic (exact) mass is 284 g/mol. The van der Waals surface area contributed by atoms with Crippen LogP contribution >= 0.6 is 0 Å². The van der Waals surface area contributed by atoms with Gasteiger partial charge in [0.15, 0.2) is 0 Å². The molecule has 2 rings (SSSR count). The van der Waals surface area contributed by atoms with Gasteiger partial charge in [-0.15, -0.1) is 0 Å². The van der Waals surface area contributed by atoms with Crippen molar-refractivity contribution in [3.05, 3.63) is 0 Å². The second-order valence-electron chi connectivity index (χ2n) is 5.58. The summed E-state index contributed by atoms with van der Waals surface area (Å²) in [5, 5.41) is 11.8. The maximum atomic E-state index is 12.3. The highest BCUT2D eigenvalue weighted by Crippen LogP contribution is 2.28. The van der Waals surface area contributed by atoms with Crippen molar-refractivity contribution < 1.29 is 19.4 Å². The number of nitrogens with zero attached hydrogens (tertiary/aromatic N) is 1. The van der Waals surface area contributed by atoms with Gasteiger partial charge in [-0.2, -0.15) is 0 Å². The molecule has 1 saturated heterocycles. The van der Waals surface area contributed by atoms with Crippen LogP contribution in [0.5, 0.6) is 0 Å². The molecular formula is C14H24N2O4. The van der Waals surface area contributed by atoms with Crippen LogP contribution < -0.4 is 5.32 Å². The average molecular weight is 284 g/mol. The second kappa shape index (κ2) is 6.92. The van der Waals surface area contributed by atoms with Crippen LogP contribution in [0.25, 0.3) is 0 Å². The maximum Gasteiger partial charge on any atom is 0.326 e. The molecule has 3 atom stereocenters. The number of rotatable bonds is 4. The van der Waals surface area contributed by atoms with E-state index < -0.39 is 12.0 Å². The summed E-state index contributed by atoms with van der Waals surface area (Å²) in [5.74, 6) is -0.964. The molecule has 2 aliphatic rings. The number of carbonyl (C=O) groups excluding carboxylic acids is 1. The zero-order valence-electron chi connectivity index (χ0n) is 12.0. The fourth-order valence-electron chi connectivity index (χ4n) is 3.13. The smallest absolute Gasteiger partial charge is 0.326 e. The van der Waals surface area contributed by atoms with E-state index >= 15 is 0 Å². The number of hydrogen-bond donors (Lipinski definition) is 2. The van der Waals surface area contributed by atoms with Crippen molar-refractivity contribution in [2.45, 2.75) is 63.6 Å². The van der Waals surface area contributed by atoms with Gasteiger partial charge in [0.2, 0.25) is 0 Å². The third kappa shape index (κ3) is 3.42. The van der Waals surface area contributed by atoms with Gasteiger partial charge in [0.1, 0.15) is 6.04 Å². The maximum absolute atomic E-state index is 12.3. The topological polar surface area (TPSA) is 78.9 Å². The van der Waals surface area contributed by atoms with Crippen molar-refractivity contribution in [2.75, 3.05) is 13.2 Å². The first kappa shape index (κ1) is 15.1. The quantitative estimate of drug-likeness (QED) is 0.821. The van der Waals surface area contributed by atoms with E-state index in [1.54, 1.807) is 4.90 Å². The van der Waals surface area contributed by atoms with Gasteiger partial charge in [-0.1, -0.05) is 26.2 Å². The van der Waals surface area contributed by atoms with Gasteiger partial charge in [-0.05, 0) is 19.3 Å². The Morgan fingerprint density at radius 1 is 1.40 bits per heavy atom. The van der Waals surface area contributed by atoms with E-state index in [4.69, 9.17) is 9.84 Å². The van der Waals surface area contributed by atoms with Crippen LogP contribution in [0.1, 0.15) is 45.4 Å². The van der Waals surface area contributed by atoms with Crippen LogP contribution in [0.15, 0.2) is 0 Å². The summed E-state index contributed by atoms with van der Waals surface area (Å²) in [6.45, 7) is 3.00. The van der Waals surface area contributed by atoms with Gasteiger partial charge < -0.3 is 20.1 Å². The largest absolute Gasteiger partial charge is 0.480 e. The molecule has 0 aromatic carbocycles. The lowest BCUT2D eigenvalue weighted by atomic mass is 9.90. The fourth-order valence-corrected chi connectivity index (χ4v) is 3.13. The van der Waals surface area contributed by atoms with Gasteiger partial charge in [0, 0.05) is 6.54 Å². The van der Waals surface area contributed by atoms with Crippen molar-refractivity contribution >= 4 is 12.0 Å². The molecule has 6 nitrogen and oxygen atoms in total. The van der Waals surface area contributed by atoms with Crippen molar-refractivity contribution in [1.29, 1.82) is 0 Å². The van der Waals surface area contributed by atoms with E-state index in [2.05, 4.69) is 5.32 Å². The Kier molecular flexibility index (Phi) is 5.23. The summed E-state index contributed by atoms with van der Waals surface area (Å²) < 4.78 is 5.72. The van der Waals surface area contributed by atoms with E-state index in [9.17, 15) is 9.59 Å². The minimum absolute atomic E-state index is 0.105. The Bertz CT molecular complexity index is 359. The first-order valence-electron chi connectivity index (χ1n) is 7.55. The first-order valence-corrected chi connectivity index (χ1v) is 7.55. The molecule has 0 bridgehead atoms. The molecule has 2 N–H and O–H groups in total. The molecule has 0 aromatic rings. The van der Waals surface area contributed by atoms with Crippen LogP contribution in [0, 0.1) is 0 Å². The van der Waals surface area contributed by atoms with Crippen LogP contribution in [0.4, 0.5) is 4.79 Å². The molecule has 0 spiro atoms.